The van der Waals surface area contributed by atoms with E-state index in [2.05, 4.69) is 15.0 Å². The van der Waals surface area contributed by atoms with E-state index in [1.165, 1.54) is 30.5 Å². The number of carbonyl (C=O) groups excluding carboxylic acids is 1. The topological polar surface area (TPSA) is 155 Å². The molecule has 0 radical (unpaired) electrons. The van der Waals surface area contributed by atoms with E-state index in [4.69, 9.17) is 9.84 Å². The Morgan fingerprint density at radius 3 is 2.43 bits per heavy atom. The van der Waals surface area contributed by atoms with Gasteiger partial charge in [-0.2, -0.15) is 0 Å². The first kappa shape index (κ1) is 23.5. The van der Waals surface area contributed by atoms with Crippen molar-refractivity contribution in [2.24, 2.45) is 0 Å². The summed E-state index contributed by atoms with van der Waals surface area (Å²) in [6.07, 6.45) is 1.33. The lowest BCUT2D eigenvalue weighted by Gasteiger charge is -2.14. The fraction of sp³-hybridized carbons (Fsp3) is 0.0417. The molecule has 0 aliphatic rings. The van der Waals surface area contributed by atoms with Crippen LogP contribution in [0.1, 0.15) is 10.5 Å². The first-order valence-electron chi connectivity index (χ1n) is 10.2. The van der Waals surface area contributed by atoms with Gasteiger partial charge in [0, 0.05) is 17.0 Å². The Kier molecular flexibility index (Phi) is 6.51. The highest BCUT2D eigenvalue weighted by Gasteiger charge is 2.18. The second kappa shape index (κ2) is 9.69. The lowest BCUT2D eigenvalue weighted by molar-refractivity contribution is -0.135. The van der Waals surface area contributed by atoms with Crippen molar-refractivity contribution in [3.63, 3.8) is 0 Å². The second-order valence-electron chi connectivity index (χ2n) is 7.30. The van der Waals surface area contributed by atoms with E-state index in [1.807, 2.05) is 0 Å². The van der Waals surface area contributed by atoms with Gasteiger partial charge in [-0.25, -0.2) is 13.4 Å². The van der Waals surface area contributed by atoms with Crippen molar-refractivity contribution in [2.75, 3.05) is 11.3 Å². The first-order chi connectivity index (χ1) is 16.7. The highest BCUT2D eigenvalue weighted by atomic mass is 32.2. The number of anilines is 1. The van der Waals surface area contributed by atoms with Crippen LogP contribution in [0.4, 0.5) is 5.69 Å². The van der Waals surface area contributed by atoms with Crippen molar-refractivity contribution in [3.05, 3.63) is 84.7 Å². The van der Waals surface area contributed by atoms with Gasteiger partial charge in [0.1, 0.15) is 12.3 Å². The number of hydrogen-bond acceptors (Lipinski definition) is 7. The van der Waals surface area contributed by atoms with Crippen LogP contribution in [0.5, 0.6) is 17.2 Å². The highest BCUT2D eigenvalue weighted by molar-refractivity contribution is 7.92. The Balaban J connectivity index is 1.59. The van der Waals surface area contributed by atoms with Crippen molar-refractivity contribution in [1.29, 1.82) is 0 Å². The number of aromatic hydroxyl groups is 1. The average molecular weight is 493 g/mol. The summed E-state index contributed by atoms with van der Waals surface area (Å²) in [5.41, 5.74) is -0.0871. The van der Waals surface area contributed by atoms with Gasteiger partial charge in [0.2, 0.25) is 0 Å². The van der Waals surface area contributed by atoms with Gasteiger partial charge in [-0.15, -0.1) is 0 Å². The zero-order chi connectivity index (χ0) is 25.0. The van der Waals surface area contributed by atoms with E-state index in [9.17, 15) is 23.1 Å². The van der Waals surface area contributed by atoms with E-state index in [0.29, 0.717) is 16.5 Å². The third-order valence-corrected chi connectivity index (χ3v) is 6.24. The van der Waals surface area contributed by atoms with Crippen LogP contribution in [0, 0.1) is 0 Å². The minimum atomic E-state index is -3.84. The van der Waals surface area contributed by atoms with Crippen LogP contribution in [-0.2, 0) is 14.8 Å². The number of carboxylic acid groups (broad SMARTS) is 1. The lowest BCUT2D eigenvalue weighted by Crippen LogP contribution is -2.29. The molecule has 3 aromatic carbocycles. The largest absolute Gasteiger partial charge is 0.505 e. The third kappa shape index (κ3) is 5.31. The van der Waals surface area contributed by atoms with Gasteiger partial charge < -0.3 is 20.3 Å². The molecule has 0 fully saturated rings. The zero-order valence-electron chi connectivity index (χ0n) is 18.0. The Morgan fingerprint density at radius 2 is 1.69 bits per heavy atom. The van der Waals surface area contributed by atoms with Crippen molar-refractivity contribution >= 4 is 38.4 Å². The van der Waals surface area contributed by atoms with Crippen molar-refractivity contribution in [2.45, 2.75) is 4.90 Å². The molecule has 0 atom stereocenters. The molecule has 0 saturated heterocycles. The number of amides is 1. The third-order valence-electron chi connectivity index (χ3n) is 4.86. The maximum absolute atomic E-state index is 12.7. The number of para-hydroxylation sites is 2. The Bertz CT molecular complexity index is 1520. The number of carbonyl (C=O) groups is 2. The highest BCUT2D eigenvalue weighted by Crippen LogP contribution is 2.34. The van der Waals surface area contributed by atoms with Crippen LogP contribution in [0.15, 0.2) is 83.9 Å². The van der Waals surface area contributed by atoms with Crippen LogP contribution < -0.4 is 14.8 Å². The van der Waals surface area contributed by atoms with E-state index >= 15 is 0 Å². The molecule has 0 aliphatic heterocycles. The molecular formula is C24H19N3O7S. The Morgan fingerprint density at radius 1 is 0.971 bits per heavy atom. The van der Waals surface area contributed by atoms with Gasteiger partial charge in [0.15, 0.2) is 17.2 Å². The molecular weight excluding hydrogens is 474 g/mol. The van der Waals surface area contributed by atoms with Gasteiger partial charge in [0.05, 0.1) is 10.6 Å². The maximum Gasteiger partial charge on any atom is 0.322 e. The number of benzene rings is 3. The van der Waals surface area contributed by atoms with E-state index in [-0.39, 0.29) is 22.0 Å². The van der Waals surface area contributed by atoms with Gasteiger partial charge in [-0.05, 0) is 42.5 Å². The van der Waals surface area contributed by atoms with Crippen molar-refractivity contribution in [3.8, 4) is 17.2 Å². The number of fused-ring (bicyclic) bond motifs is 1. The SMILES string of the molecule is O=C(O)CNC(=O)c1ncc2cc(Oc3ccccc3NS(=O)(=O)c3ccccc3)ccc2c1O. The van der Waals surface area contributed by atoms with Crippen LogP contribution in [-0.4, -0.2) is 42.0 Å². The number of aliphatic carboxylic acids is 1. The first-order valence-corrected chi connectivity index (χ1v) is 11.7. The fourth-order valence-corrected chi connectivity index (χ4v) is 4.32. The number of sulfonamides is 1. The van der Waals surface area contributed by atoms with Crippen LogP contribution >= 0.6 is 0 Å². The number of nitrogens with zero attached hydrogens (tertiary/aromatic N) is 1. The minimum absolute atomic E-state index is 0.102. The molecule has 0 aliphatic carbocycles. The van der Waals surface area contributed by atoms with Crippen LogP contribution in [0.25, 0.3) is 10.8 Å². The summed E-state index contributed by atoms with van der Waals surface area (Å²) in [7, 11) is -3.84. The molecule has 0 unspecified atom stereocenters. The second-order valence-corrected chi connectivity index (χ2v) is 8.98. The number of ether oxygens (including phenoxy) is 1. The van der Waals surface area contributed by atoms with Crippen LogP contribution in [0.2, 0.25) is 0 Å². The number of carboxylic acids is 1. The molecule has 0 spiro atoms. The maximum atomic E-state index is 12.7. The van der Waals surface area contributed by atoms with Gasteiger partial charge in [0.25, 0.3) is 15.9 Å². The number of aromatic nitrogens is 1. The van der Waals surface area contributed by atoms with Gasteiger partial charge >= 0.3 is 5.97 Å². The lowest BCUT2D eigenvalue weighted by atomic mass is 10.1. The average Bonchev–Trinajstić information content (AvgIpc) is 2.84. The van der Waals surface area contributed by atoms with Crippen LogP contribution in [0.3, 0.4) is 0 Å². The Labute approximate surface area is 199 Å². The summed E-state index contributed by atoms with van der Waals surface area (Å²) in [5, 5.41) is 22.0. The molecule has 4 N–H and O–H groups in total. The van der Waals surface area contributed by atoms with Crippen molar-refractivity contribution in [1.82, 2.24) is 10.3 Å². The molecule has 4 aromatic rings. The molecule has 0 bridgehead atoms. The minimum Gasteiger partial charge on any atom is -0.505 e. The Hall–Kier alpha value is -4.64. The molecule has 1 aromatic heterocycles. The predicted octanol–water partition coefficient (Wildman–Crippen LogP) is 3.35. The normalized spacial score (nSPS) is 11.1. The molecule has 4 rings (SSSR count). The van der Waals surface area contributed by atoms with E-state index in [0.717, 1.165) is 0 Å². The fourth-order valence-electron chi connectivity index (χ4n) is 3.23. The van der Waals surface area contributed by atoms with Crippen molar-refractivity contribution < 1.29 is 33.0 Å². The number of hydrogen-bond donors (Lipinski definition) is 4. The molecule has 178 valence electrons. The molecule has 11 heteroatoms. The molecule has 10 nitrogen and oxygen atoms in total. The summed E-state index contributed by atoms with van der Waals surface area (Å²) >= 11 is 0. The quantitative estimate of drug-likeness (QED) is 0.291. The zero-order valence-corrected chi connectivity index (χ0v) is 18.8. The standard InChI is InChI=1S/C24H19N3O7S/c28-21(29)14-26-24(31)22-23(30)18-11-10-16(12-15(18)13-25-22)34-20-9-5-4-8-19(20)27-35(32,33)17-6-2-1-3-7-17/h1-13,27,30H,14H2,(H,26,31)(H,28,29). The summed E-state index contributed by atoms with van der Waals surface area (Å²) in [6.45, 7) is -0.613. The van der Waals surface area contributed by atoms with E-state index < -0.39 is 34.2 Å². The predicted molar refractivity (Wildman–Crippen MR) is 127 cm³/mol. The number of pyridine rings is 1. The summed E-state index contributed by atoms with van der Waals surface area (Å²) in [4.78, 5) is 26.8. The summed E-state index contributed by atoms with van der Waals surface area (Å²) < 4.78 is 33.9. The molecule has 35 heavy (non-hydrogen) atoms. The van der Waals surface area contributed by atoms with E-state index in [1.54, 1.807) is 48.5 Å². The smallest absolute Gasteiger partial charge is 0.322 e. The monoisotopic (exact) mass is 493 g/mol. The van der Waals surface area contributed by atoms with Gasteiger partial charge in [-0.1, -0.05) is 30.3 Å². The number of rotatable bonds is 8. The molecule has 1 amide bonds. The molecule has 0 saturated carbocycles. The molecule has 1 heterocycles. The van der Waals surface area contributed by atoms with Gasteiger partial charge in [-0.3, -0.25) is 14.3 Å². The number of nitrogens with one attached hydrogen (secondary N) is 2. The summed E-state index contributed by atoms with van der Waals surface area (Å²) in [5.74, 6) is -1.90. The summed E-state index contributed by atoms with van der Waals surface area (Å²) in [6, 6.07) is 19.0.